The SMILES string of the molecule is C[C@@]1(c2cc(NC(=O)c3ncccc3C(F)(F)F)ccc2F)CS(=O)(=O)[C@]2(CCOC2)C(N)=N1. The number of alkyl halides is 3. The van der Waals surface area contributed by atoms with Gasteiger partial charge in [0.25, 0.3) is 5.91 Å². The monoisotopic (exact) mass is 500 g/mol. The van der Waals surface area contributed by atoms with E-state index < -0.39 is 55.0 Å². The second kappa shape index (κ2) is 8.01. The second-order valence-electron chi connectivity index (χ2n) is 8.37. The standard InChI is InChI=1S/C21H20F4N4O4S/c1-19(11-34(31,32)20(18(26)29-19)6-8-33-10-20)14-9-12(4-5-15(14)22)28-17(30)16-13(21(23,24)25)3-2-7-27-16/h2-5,7,9H,6,8,10-11H2,1H3,(H2,26,29)(H,28,30)/t19-,20-/m0/s1. The number of sulfone groups is 1. The van der Waals surface area contributed by atoms with Crippen LogP contribution >= 0.6 is 0 Å². The summed E-state index contributed by atoms with van der Waals surface area (Å²) in [5.74, 6) is -2.76. The highest BCUT2D eigenvalue weighted by Gasteiger charge is 2.57. The van der Waals surface area contributed by atoms with Crippen molar-refractivity contribution in [3.8, 4) is 0 Å². The number of nitrogens with two attached hydrogens (primary N) is 1. The summed E-state index contributed by atoms with van der Waals surface area (Å²) < 4.78 is 84.6. The lowest BCUT2D eigenvalue weighted by Crippen LogP contribution is -2.58. The van der Waals surface area contributed by atoms with Gasteiger partial charge in [0.2, 0.25) is 0 Å². The molecule has 3 heterocycles. The van der Waals surface area contributed by atoms with E-state index in [1.54, 1.807) is 0 Å². The predicted molar refractivity (Wildman–Crippen MR) is 115 cm³/mol. The Morgan fingerprint density at radius 2 is 2.00 bits per heavy atom. The Morgan fingerprint density at radius 3 is 2.62 bits per heavy atom. The van der Waals surface area contributed by atoms with Gasteiger partial charge in [0.05, 0.1) is 17.9 Å². The zero-order valence-electron chi connectivity index (χ0n) is 17.8. The van der Waals surface area contributed by atoms with Gasteiger partial charge in [-0.1, -0.05) is 0 Å². The number of halogens is 4. The Kier molecular flexibility index (Phi) is 5.67. The van der Waals surface area contributed by atoms with Crippen LogP contribution in [0.2, 0.25) is 0 Å². The Morgan fingerprint density at radius 1 is 1.26 bits per heavy atom. The molecule has 0 aliphatic carbocycles. The third-order valence-electron chi connectivity index (χ3n) is 6.02. The third kappa shape index (κ3) is 3.92. The molecular formula is C21H20F4N4O4S. The average Bonchev–Trinajstić information content (AvgIpc) is 3.25. The van der Waals surface area contributed by atoms with E-state index in [0.717, 1.165) is 30.5 Å². The lowest BCUT2D eigenvalue weighted by molar-refractivity contribution is -0.138. The van der Waals surface area contributed by atoms with Crippen LogP contribution in [0.25, 0.3) is 0 Å². The van der Waals surface area contributed by atoms with Gasteiger partial charge in [-0.25, -0.2) is 12.8 Å². The first kappa shape index (κ1) is 24.1. The Bertz CT molecular complexity index is 1290. The van der Waals surface area contributed by atoms with E-state index in [-0.39, 0.29) is 36.7 Å². The number of benzene rings is 1. The number of hydrogen-bond acceptors (Lipinski definition) is 7. The van der Waals surface area contributed by atoms with E-state index >= 15 is 0 Å². The van der Waals surface area contributed by atoms with Crippen LogP contribution < -0.4 is 11.1 Å². The first-order valence-electron chi connectivity index (χ1n) is 10.1. The third-order valence-corrected chi connectivity index (χ3v) is 8.68. The van der Waals surface area contributed by atoms with Crippen molar-refractivity contribution in [1.82, 2.24) is 4.98 Å². The number of pyridine rings is 1. The lowest BCUT2D eigenvalue weighted by Gasteiger charge is -2.39. The summed E-state index contributed by atoms with van der Waals surface area (Å²) in [6, 6.07) is 4.98. The van der Waals surface area contributed by atoms with Crippen molar-refractivity contribution < 1.29 is 35.5 Å². The maximum atomic E-state index is 14.8. The molecule has 1 aromatic carbocycles. The summed E-state index contributed by atoms with van der Waals surface area (Å²) in [5, 5.41) is 2.26. The second-order valence-corrected chi connectivity index (χ2v) is 10.7. The summed E-state index contributed by atoms with van der Waals surface area (Å²) in [4.78, 5) is 20.4. The van der Waals surface area contributed by atoms with Gasteiger partial charge in [0, 0.05) is 24.1 Å². The molecule has 0 unspecified atom stereocenters. The fraction of sp³-hybridized carbons (Fsp3) is 0.381. The maximum Gasteiger partial charge on any atom is 0.418 e. The number of carbonyl (C=O) groups is 1. The molecule has 0 saturated carbocycles. The van der Waals surface area contributed by atoms with E-state index in [4.69, 9.17) is 10.5 Å². The minimum absolute atomic E-state index is 0.0722. The van der Waals surface area contributed by atoms with Gasteiger partial charge in [-0.05, 0) is 43.7 Å². The number of nitrogens with one attached hydrogen (secondary N) is 1. The molecule has 1 fully saturated rings. The van der Waals surface area contributed by atoms with Gasteiger partial charge in [-0.2, -0.15) is 13.2 Å². The highest BCUT2D eigenvalue weighted by atomic mass is 32.2. The first-order chi connectivity index (χ1) is 15.8. The quantitative estimate of drug-likeness (QED) is 0.625. The predicted octanol–water partition coefficient (Wildman–Crippen LogP) is 2.65. The highest BCUT2D eigenvalue weighted by molar-refractivity contribution is 7.93. The molecule has 1 saturated heterocycles. The van der Waals surface area contributed by atoms with Gasteiger partial charge in [0.1, 0.15) is 22.9 Å². The normalized spacial score (nSPS) is 26.3. The Balaban J connectivity index is 1.70. The van der Waals surface area contributed by atoms with Crippen molar-refractivity contribution in [3.05, 3.63) is 59.2 Å². The average molecular weight is 500 g/mol. The van der Waals surface area contributed by atoms with Gasteiger partial charge in [-0.3, -0.25) is 14.8 Å². The molecule has 3 N–H and O–H groups in total. The van der Waals surface area contributed by atoms with Crippen LogP contribution in [0.1, 0.15) is 35.0 Å². The van der Waals surface area contributed by atoms with Gasteiger partial charge >= 0.3 is 6.18 Å². The maximum absolute atomic E-state index is 14.8. The van der Waals surface area contributed by atoms with Crippen LogP contribution in [0.3, 0.4) is 0 Å². The van der Waals surface area contributed by atoms with Crippen molar-refractivity contribution in [2.45, 2.75) is 29.8 Å². The number of aliphatic imine (C=N–C) groups is 1. The molecular weight excluding hydrogens is 480 g/mol. The molecule has 8 nitrogen and oxygen atoms in total. The summed E-state index contributed by atoms with van der Waals surface area (Å²) in [5.41, 5.74) is 2.05. The van der Waals surface area contributed by atoms with E-state index in [1.165, 1.54) is 6.92 Å². The van der Waals surface area contributed by atoms with Crippen LogP contribution in [-0.2, 0) is 26.3 Å². The molecule has 1 aromatic heterocycles. The molecule has 0 radical (unpaired) electrons. The lowest BCUT2D eigenvalue weighted by atomic mass is 9.92. The molecule has 13 heteroatoms. The number of hydrogen-bond donors (Lipinski definition) is 2. The van der Waals surface area contributed by atoms with E-state index in [0.29, 0.717) is 6.07 Å². The van der Waals surface area contributed by atoms with Crippen LogP contribution in [0.15, 0.2) is 41.5 Å². The van der Waals surface area contributed by atoms with Crippen molar-refractivity contribution in [2.24, 2.45) is 10.7 Å². The highest BCUT2D eigenvalue weighted by Crippen LogP contribution is 2.42. The largest absolute Gasteiger partial charge is 0.418 e. The van der Waals surface area contributed by atoms with Crippen LogP contribution in [-0.4, -0.2) is 48.9 Å². The number of rotatable bonds is 3. The molecule has 34 heavy (non-hydrogen) atoms. The molecule has 182 valence electrons. The number of nitrogens with zero attached hydrogens (tertiary/aromatic N) is 2. The van der Waals surface area contributed by atoms with E-state index in [9.17, 15) is 30.8 Å². The molecule has 1 spiro atoms. The summed E-state index contributed by atoms with van der Waals surface area (Å²) in [6.45, 7) is 1.42. The van der Waals surface area contributed by atoms with Crippen molar-refractivity contribution >= 4 is 27.3 Å². The number of aromatic nitrogens is 1. The number of ether oxygens (including phenoxy) is 1. The molecule has 2 aliphatic heterocycles. The van der Waals surface area contributed by atoms with Crippen LogP contribution in [0, 0.1) is 5.82 Å². The number of amides is 1. The zero-order valence-corrected chi connectivity index (χ0v) is 18.6. The molecule has 2 atom stereocenters. The minimum Gasteiger partial charge on any atom is -0.386 e. The fourth-order valence-electron chi connectivity index (χ4n) is 4.22. The summed E-state index contributed by atoms with van der Waals surface area (Å²) in [7, 11) is -3.92. The van der Waals surface area contributed by atoms with Gasteiger partial charge in [0.15, 0.2) is 14.6 Å². The Labute approximate surface area is 192 Å². The van der Waals surface area contributed by atoms with Gasteiger partial charge in [-0.15, -0.1) is 0 Å². The fourth-order valence-corrected chi connectivity index (χ4v) is 6.48. The molecule has 4 rings (SSSR count). The zero-order chi connectivity index (χ0) is 24.9. The van der Waals surface area contributed by atoms with Crippen molar-refractivity contribution in [2.75, 3.05) is 24.3 Å². The van der Waals surface area contributed by atoms with E-state index in [1.807, 2.05) is 0 Å². The topological polar surface area (TPSA) is 124 Å². The molecule has 1 amide bonds. The van der Waals surface area contributed by atoms with Gasteiger partial charge < -0.3 is 15.8 Å². The molecule has 2 aliphatic rings. The number of anilines is 1. The van der Waals surface area contributed by atoms with E-state index in [2.05, 4.69) is 15.3 Å². The number of carbonyl (C=O) groups excluding carboxylic acids is 1. The summed E-state index contributed by atoms with van der Waals surface area (Å²) in [6.07, 6.45) is -3.65. The molecule has 0 bridgehead atoms. The number of amidine groups is 1. The van der Waals surface area contributed by atoms with Crippen molar-refractivity contribution in [3.63, 3.8) is 0 Å². The smallest absolute Gasteiger partial charge is 0.386 e. The Hall–Kier alpha value is -3.06. The first-order valence-corrected chi connectivity index (χ1v) is 11.7. The van der Waals surface area contributed by atoms with Crippen LogP contribution in [0.4, 0.5) is 23.2 Å². The summed E-state index contributed by atoms with van der Waals surface area (Å²) >= 11 is 0. The molecule has 2 aromatic rings. The minimum atomic E-state index is -4.81. The van der Waals surface area contributed by atoms with Crippen LogP contribution in [0.5, 0.6) is 0 Å². The van der Waals surface area contributed by atoms with Crippen molar-refractivity contribution in [1.29, 1.82) is 0 Å².